The van der Waals surface area contributed by atoms with Crippen molar-refractivity contribution in [1.29, 1.82) is 0 Å². The van der Waals surface area contributed by atoms with Crippen molar-refractivity contribution in [1.82, 2.24) is 0 Å². The first-order valence-electron chi connectivity index (χ1n) is 4.70. The van der Waals surface area contributed by atoms with Gasteiger partial charge >= 0.3 is 5.97 Å². The van der Waals surface area contributed by atoms with Crippen LogP contribution < -0.4 is 0 Å². The summed E-state index contributed by atoms with van der Waals surface area (Å²) in [5.41, 5.74) is 2.05. The third kappa shape index (κ3) is 1.33. The Kier molecular flexibility index (Phi) is 2.12. The number of hydrogen-bond acceptors (Lipinski definition) is 1. The predicted octanol–water partition coefficient (Wildman–Crippen LogP) is 2.53. The molecule has 0 aliphatic heterocycles. The average molecular weight is 188 g/mol. The lowest BCUT2D eigenvalue weighted by atomic mass is 9.83. The van der Waals surface area contributed by atoms with Crippen LogP contribution in [0, 0.1) is 0 Å². The highest BCUT2D eigenvalue weighted by atomic mass is 16.4. The molecule has 2 unspecified atom stereocenters. The van der Waals surface area contributed by atoms with E-state index in [1.54, 1.807) is 6.08 Å². The van der Waals surface area contributed by atoms with Gasteiger partial charge in [-0.2, -0.15) is 0 Å². The van der Waals surface area contributed by atoms with Gasteiger partial charge in [-0.3, -0.25) is 4.79 Å². The van der Waals surface area contributed by atoms with Gasteiger partial charge in [0.2, 0.25) is 0 Å². The van der Waals surface area contributed by atoms with E-state index in [0.717, 1.165) is 11.1 Å². The van der Waals surface area contributed by atoms with Crippen LogP contribution in [0.3, 0.4) is 0 Å². The van der Waals surface area contributed by atoms with Crippen molar-refractivity contribution < 1.29 is 9.90 Å². The Bertz CT molecular complexity index is 393. The van der Waals surface area contributed by atoms with Crippen LogP contribution in [0.2, 0.25) is 0 Å². The van der Waals surface area contributed by atoms with Crippen LogP contribution in [0.1, 0.15) is 29.9 Å². The summed E-state index contributed by atoms with van der Waals surface area (Å²) in [4.78, 5) is 11.0. The van der Waals surface area contributed by atoms with Gasteiger partial charge in [0, 0.05) is 0 Å². The van der Waals surface area contributed by atoms with Crippen LogP contribution in [0.25, 0.3) is 0 Å². The first kappa shape index (κ1) is 9.00. The van der Waals surface area contributed by atoms with Gasteiger partial charge in [0.15, 0.2) is 0 Å². The summed E-state index contributed by atoms with van der Waals surface area (Å²) >= 11 is 0. The molecule has 0 bridgehead atoms. The second-order valence-corrected chi connectivity index (χ2v) is 3.62. The van der Waals surface area contributed by atoms with E-state index < -0.39 is 11.9 Å². The number of carbonyl (C=O) groups is 1. The van der Waals surface area contributed by atoms with E-state index in [0.29, 0.717) is 5.92 Å². The van der Waals surface area contributed by atoms with Gasteiger partial charge in [-0.05, 0) is 17.0 Å². The molecule has 0 spiro atoms. The summed E-state index contributed by atoms with van der Waals surface area (Å²) in [5.74, 6) is -0.926. The average Bonchev–Trinajstić information content (AvgIpc) is 2.18. The minimum atomic E-state index is -0.777. The lowest BCUT2D eigenvalue weighted by Gasteiger charge is -2.21. The smallest absolute Gasteiger partial charge is 0.314 e. The Morgan fingerprint density at radius 2 is 1.86 bits per heavy atom. The van der Waals surface area contributed by atoms with Crippen LogP contribution in [-0.4, -0.2) is 11.1 Å². The molecule has 0 amide bonds. The predicted molar refractivity (Wildman–Crippen MR) is 54.4 cm³/mol. The minimum absolute atomic E-state index is 0.321. The highest BCUT2D eigenvalue weighted by Gasteiger charge is 2.24. The summed E-state index contributed by atoms with van der Waals surface area (Å²) in [5, 5.41) is 9.02. The summed E-state index contributed by atoms with van der Waals surface area (Å²) in [7, 11) is 0. The van der Waals surface area contributed by atoms with Crippen molar-refractivity contribution in [2.75, 3.05) is 0 Å². The maximum absolute atomic E-state index is 11.0. The Hall–Kier alpha value is -1.57. The second kappa shape index (κ2) is 3.29. The monoisotopic (exact) mass is 188 g/mol. The second-order valence-electron chi connectivity index (χ2n) is 3.62. The fourth-order valence-electron chi connectivity index (χ4n) is 1.91. The molecule has 1 aliphatic carbocycles. The minimum Gasteiger partial charge on any atom is -0.481 e. The fraction of sp³-hybridized carbons (Fsp3) is 0.250. The summed E-state index contributed by atoms with van der Waals surface area (Å²) < 4.78 is 0. The molecule has 2 heteroatoms. The lowest BCUT2D eigenvalue weighted by molar-refractivity contribution is -0.137. The number of hydrogen-bond donors (Lipinski definition) is 1. The standard InChI is InChI=1S/C12H12O2/c1-8-6-7-11(12(13)14)10-5-3-2-4-9(8)10/h2-8,11H,1H3,(H,13,14). The van der Waals surface area contributed by atoms with Crippen molar-refractivity contribution in [3.63, 3.8) is 0 Å². The normalized spacial score (nSPS) is 24.4. The van der Waals surface area contributed by atoms with Gasteiger partial charge in [0.25, 0.3) is 0 Å². The number of rotatable bonds is 1. The van der Waals surface area contributed by atoms with Crippen LogP contribution in [-0.2, 0) is 4.79 Å². The zero-order chi connectivity index (χ0) is 10.1. The Morgan fingerprint density at radius 1 is 1.21 bits per heavy atom. The van der Waals surface area contributed by atoms with E-state index in [9.17, 15) is 4.79 Å². The molecule has 0 heterocycles. The molecule has 2 nitrogen and oxygen atoms in total. The molecule has 1 aliphatic rings. The molecular weight excluding hydrogens is 176 g/mol. The molecule has 0 radical (unpaired) electrons. The molecule has 0 saturated carbocycles. The fourth-order valence-corrected chi connectivity index (χ4v) is 1.91. The van der Waals surface area contributed by atoms with E-state index in [1.807, 2.05) is 30.3 Å². The molecule has 0 saturated heterocycles. The zero-order valence-electron chi connectivity index (χ0n) is 7.97. The number of benzene rings is 1. The third-order valence-corrected chi connectivity index (χ3v) is 2.68. The largest absolute Gasteiger partial charge is 0.481 e. The Morgan fingerprint density at radius 3 is 2.50 bits per heavy atom. The molecule has 2 atom stereocenters. The molecule has 1 N–H and O–H groups in total. The van der Waals surface area contributed by atoms with Crippen molar-refractivity contribution in [2.24, 2.45) is 0 Å². The highest BCUT2D eigenvalue weighted by Crippen LogP contribution is 2.33. The Labute approximate surface area is 82.9 Å². The van der Waals surface area contributed by atoms with E-state index in [4.69, 9.17) is 5.11 Å². The van der Waals surface area contributed by atoms with Crippen LogP contribution >= 0.6 is 0 Å². The molecule has 1 aromatic carbocycles. The molecule has 2 rings (SSSR count). The summed E-state index contributed by atoms with van der Waals surface area (Å²) in [6.45, 7) is 2.08. The van der Waals surface area contributed by atoms with Crippen molar-refractivity contribution in [2.45, 2.75) is 18.8 Å². The highest BCUT2D eigenvalue weighted by molar-refractivity contribution is 5.80. The van der Waals surface area contributed by atoms with E-state index in [2.05, 4.69) is 6.92 Å². The van der Waals surface area contributed by atoms with E-state index in [1.165, 1.54) is 0 Å². The SMILES string of the molecule is CC1C=CC(C(=O)O)c2ccccc21. The first-order valence-corrected chi connectivity index (χ1v) is 4.70. The van der Waals surface area contributed by atoms with Crippen molar-refractivity contribution >= 4 is 5.97 Å². The summed E-state index contributed by atoms with van der Waals surface area (Å²) in [6.07, 6.45) is 3.73. The van der Waals surface area contributed by atoms with Crippen LogP contribution in [0.5, 0.6) is 0 Å². The van der Waals surface area contributed by atoms with E-state index >= 15 is 0 Å². The lowest BCUT2D eigenvalue weighted by Crippen LogP contribution is -2.15. The quantitative estimate of drug-likeness (QED) is 0.687. The van der Waals surface area contributed by atoms with Gasteiger partial charge in [0.1, 0.15) is 5.92 Å². The maximum Gasteiger partial charge on any atom is 0.314 e. The third-order valence-electron chi connectivity index (χ3n) is 2.68. The molecule has 0 aromatic heterocycles. The maximum atomic E-state index is 11.0. The van der Waals surface area contributed by atoms with Gasteiger partial charge in [0.05, 0.1) is 0 Å². The molecule has 72 valence electrons. The number of allylic oxidation sites excluding steroid dienone is 1. The molecule has 1 aromatic rings. The number of carboxylic acids is 1. The number of carboxylic acid groups (broad SMARTS) is 1. The molecule has 14 heavy (non-hydrogen) atoms. The van der Waals surface area contributed by atoms with Gasteiger partial charge < -0.3 is 5.11 Å². The van der Waals surface area contributed by atoms with E-state index in [-0.39, 0.29) is 0 Å². The van der Waals surface area contributed by atoms with Gasteiger partial charge in [-0.25, -0.2) is 0 Å². The Balaban J connectivity index is 2.52. The van der Waals surface area contributed by atoms with Crippen LogP contribution in [0.4, 0.5) is 0 Å². The van der Waals surface area contributed by atoms with Gasteiger partial charge in [-0.15, -0.1) is 0 Å². The van der Waals surface area contributed by atoms with Crippen LogP contribution in [0.15, 0.2) is 36.4 Å². The first-order chi connectivity index (χ1) is 6.70. The topological polar surface area (TPSA) is 37.3 Å². The molecular formula is C12H12O2. The molecule has 0 fully saturated rings. The van der Waals surface area contributed by atoms with Crippen molar-refractivity contribution in [3.8, 4) is 0 Å². The number of aliphatic carboxylic acids is 1. The zero-order valence-corrected chi connectivity index (χ0v) is 7.97. The van der Waals surface area contributed by atoms with Gasteiger partial charge in [-0.1, -0.05) is 43.3 Å². The van der Waals surface area contributed by atoms with Crippen molar-refractivity contribution in [3.05, 3.63) is 47.5 Å². The number of fused-ring (bicyclic) bond motifs is 1. The summed E-state index contributed by atoms with van der Waals surface area (Å²) in [6, 6.07) is 7.74.